The van der Waals surface area contributed by atoms with Crippen molar-refractivity contribution in [2.75, 3.05) is 0 Å². The summed E-state index contributed by atoms with van der Waals surface area (Å²) < 4.78 is 1.48. The Morgan fingerprint density at radius 3 is 2.95 bits per heavy atom. The van der Waals surface area contributed by atoms with Gasteiger partial charge in [0, 0.05) is 12.1 Å². The third-order valence-corrected chi connectivity index (χ3v) is 3.01. The zero-order valence-corrected chi connectivity index (χ0v) is 10.3. The predicted octanol–water partition coefficient (Wildman–Crippen LogP) is 2.14. The molecule has 0 bridgehead atoms. The SMILES string of the molecule is CCn1nc(-c2ccc3nc[nH]c3c2)cc1C(=O)O. The molecule has 3 rings (SSSR count). The van der Waals surface area contributed by atoms with E-state index in [2.05, 4.69) is 15.1 Å². The maximum Gasteiger partial charge on any atom is 0.354 e. The molecule has 2 N–H and O–H groups in total. The van der Waals surface area contributed by atoms with Crippen molar-refractivity contribution in [3.8, 4) is 11.3 Å². The molecule has 0 saturated carbocycles. The normalized spacial score (nSPS) is 11.0. The van der Waals surface area contributed by atoms with E-state index in [0.717, 1.165) is 16.6 Å². The fourth-order valence-corrected chi connectivity index (χ4v) is 2.07. The second-order valence-corrected chi connectivity index (χ2v) is 4.17. The summed E-state index contributed by atoms with van der Waals surface area (Å²) >= 11 is 0. The van der Waals surface area contributed by atoms with E-state index in [-0.39, 0.29) is 5.69 Å². The molecule has 19 heavy (non-hydrogen) atoms. The highest BCUT2D eigenvalue weighted by atomic mass is 16.4. The summed E-state index contributed by atoms with van der Waals surface area (Å²) in [5.41, 5.74) is 3.49. The number of hydrogen-bond donors (Lipinski definition) is 2. The molecule has 0 saturated heterocycles. The van der Waals surface area contributed by atoms with E-state index in [1.165, 1.54) is 4.68 Å². The Morgan fingerprint density at radius 1 is 1.42 bits per heavy atom. The smallest absolute Gasteiger partial charge is 0.354 e. The first-order valence-corrected chi connectivity index (χ1v) is 5.93. The average Bonchev–Trinajstić information content (AvgIpc) is 3.04. The molecule has 3 aromatic rings. The summed E-state index contributed by atoms with van der Waals surface area (Å²) in [7, 11) is 0. The highest BCUT2D eigenvalue weighted by molar-refractivity contribution is 5.88. The lowest BCUT2D eigenvalue weighted by Gasteiger charge is -1.98. The Bertz CT molecular complexity index is 757. The van der Waals surface area contributed by atoms with Crippen LogP contribution in [0.3, 0.4) is 0 Å². The van der Waals surface area contributed by atoms with E-state index in [1.807, 2.05) is 25.1 Å². The van der Waals surface area contributed by atoms with Gasteiger partial charge in [-0.05, 0) is 25.1 Å². The molecular formula is C13H12N4O2. The molecule has 0 aliphatic heterocycles. The van der Waals surface area contributed by atoms with Crippen LogP contribution in [-0.2, 0) is 6.54 Å². The van der Waals surface area contributed by atoms with Crippen LogP contribution in [0.15, 0.2) is 30.6 Å². The van der Waals surface area contributed by atoms with Crippen molar-refractivity contribution in [3.05, 3.63) is 36.3 Å². The van der Waals surface area contributed by atoms with Crippen LogP contribution >= 0.6 is 0 Å². The van der Waals surface area contributed by atoms with Crippen molar-refractivity contribution >= 4 is 17.0 Å². The van der Waals surface area contributed by atoms with Crippen molar-refractivity contribution < 1.29 is 9.90 Å². The zero-order chi connectivity index (χ0) is 13.4. The fourth-order valence-electron chi connectivity index (χ4n) is 2.07. The van der Waals surface area contributed by atoms with E-state index in [1.54, 1.807) is 12.4 Å². The number of imidazole rings is 1. The van der Waals surface area contributed by atoms with Gasteiger partial charge in [0.2, 0.25) is 0 Å². The number of fused-ring (bicyclic) bond motifs is 1. The molecular weight excluding hydrogens is 244 g/mol. The maximum atomic E-state index is 11.1. The molecule has 2 heterocycles. The van der Waals surface area contributed by atoms with Gasteiger partial charge in [0.25, 0.3) is 0 Å². The lowest BCUT2D eigenvalue weighted by atomic mass is 10.1. The maximum absolute atomic E-state index is 11.1. The number of aromatic carboxylic acids is 1. The first-order valence-electron chi connectivity index (χ1n) is 5.93. The second kappa shape index (κ2) is 4.24. The minimum Gasteiger partial charge on any atom is -0.477 e. The molecule has 0 spiro atoms. The van der Waals surface area contributed by atoms with Crippen molar-refractivity contribution in [3.63, 3.8) is 0 Å². The summed E-state index contributed by atoms with van der Waals surface area (Å²) in [5.74, 6) is -0.969. The summed E-state index contributed by atoms with van der Waals surface area (Å²) in [5, 5.41) is 13.4. The molecule has 96 valence electrons. The Morgan fingerprint density at radius 2 is 2.26 bits per heavy atom. The van der Waals surface area contributed by atoms with Crippen molar-refractivity contribution in [1.29, 1.82) is 0 Å². The summed E-state index contributed by atoms with van der Waals surface area (Å²) in [6.07, 6.45) is 1.63. The monoisotopic (exact) mass is 256 g/mol. The van der Waals surface area contributed by atoms with Crippen molar-refractivity contribution in [2.45, 2.75) is 13.5 Å². The number of carboxylic acid groups (broad SMARTS) is 1. The van der Waals surface area contributed by atoms with Gasteiger partial charge < -0.3 is 10.1 Å². The Hall–Kier alpha value is -2.63. The average molecular weight is 256 g/mol. The first-order chi connectivity index (χ1) is 9.19. The van der Waals surface area contributed by atoms with E-state index in [0.29, 0.717) is 12.2 Å². The number of rotatable bonds is 3. The standard InChI is InChI=1S/C13H12N4O2/c1-2-17-12(13(18)19)6-10(16-17)8-3-4-9-11(5-8)15-7-14-9/h3-7H,2H2,1H3,(H,14,15)(H,18,19). The third kappa shape index (κ3) is 1.87. The minimum absolute atomic E-state index is 0.196. The summed E-state index contributed by atoms with van der Waals surface area (Å²) in [6, 6.07) is 7.27. The van der Waals surface area contributed by atoms with Crippen LogP contribution in [0.2, 0.25) is 0 Å². The van der Waals surface area contributed by atoms with E-state index in [4.69, 9.17) is 5.11 Å². The number of aromatic nitrogens is 4. The van der Waals surface area contributed by atoms with Crippen molar-refractivity contribution in [2.24, 2.45) is 0 Å². The highest BCUT2D eigenvalue weighted by Gasteiger charge is 2.14. The molecule has 2 aromatic heterocycles. The van der Waals surface area contributed by atoms with Gasteiger partial charge >= 0.3 is 5.97 Å². The van der Waals surface area contributed by atoms with Crippen LogP contribution in [0.1, 0.15) is 17.4 Å². The molecule has 0 aliphatic carbocycles. The molecule has 6 heteroatoms. The van der Waals surface area contributed by atoms with Crippen LogP contribution in [0.5, 0.6) is 0 Å². The lowest BCUT2D eigenvalue weighted by Crippen LogP contribution is -2.07. The number of aromatic amines is 1. The number of H-pyrrole nitrogens is 1. The van der Waals surface area contributed by atoms with Gasteiger partial charge in [-0.25, -0.2) is 9.78 Å². The molecule has 0 aliphatic rings. The Balaban J connectivity index is 2.12. The molecule has 0 amide bonds. The highest BCUT2D eigenvalue weighted by Crippen LogP contribution is 2.22. The molecule has 0 unspecified atom stereocenters. The van der Waals surface area contributed by atoms with E-state index >= 15 is 0 Å². The fraction of sp³-hybridized carbons (Fsp3) is 0.154. The van der Waals surface area contributed by atoms with Gasteiger partial charge in [0.1, 0.15) is 5.69 Å². The number of aryl methyl sites for hydroxylation is 1. The van der Waals surface area contributed by atoms with Crippen LogP contribution < -0.4 is 0 Å². The number of carboxylic acids is 1. The number of nitrogens with zero attached hydrogens (tertiary/aromatic N) is 3. The van der Waals surface area contributed by atoms with E-state index in [9.17, 15) is 4.79 Å². The molecule has 0 fully saturated rings. The van der Waals surface area contributed by atoms with Crippen LogP contribution in [-0.4, -0.2) is 30.8 Å². The van der Waals surface area contributed by atoms with Gasteiger partial charge in [0.15, 0.2) is 0 Å². The van der Waals surface area contributed by atoms with Gasteiger partial charge in [-0.3, -0.25) is 4.68 Å². The van der Waals surface area contributed by atoms with Gasteiger partial charge in [0.05, 0.1) is 23.1 Å². The topological polar surface area (TPSA) is 83.8 Å². The number of carbonyl (C=O) groups is 1. The van der Waals surface area contributed by atoms with Crippen LogP contribution in [0.25, 0.3) is 22.3 Å². The number of nitrogens with one attached hydrogen (secondary N) is 1. The molecule has 0 atom stereocenters. The van der Waals surface area contributed by atoms with E-state index < -0.39 is 5.97 Å². The lowest BCUT2D eigenvalue weighted by molar-refractivity contribution is 0.0683. The quantitative estimate of drug-likeness (QED) is 0.752. The predicted molar refractivity (Wildman–Crippen MR) is 69.9 cm³/mol. The number of hydrogen-bond acceptors (Lipinski definition) is 3. The Labute approximate surface area is 108 Å². The second-order valence-electron chi connectivity index (χ2n) is 4.17. The molecule has 6 nitrogen and oxygen atoms in total. The summed E-state index contributed by atoms with van der Waals surface area (Å²) in [6.45, 7) is 2.38. The van der Waals surface area contributed by atoms with Gasteiger partial charge in [-0.15, -0.1) is 0 Å². The van der Waals surface area contributed by atoms with Gasteiger partial charge in [-0.1, -0.05) is 6.07 Å². The molecule has 0 radical (unpaired) electrons. The largest absolute Gasteiger partial charge is 0.477 e. The van der Waals surface area contributed by atoms with Crippen LogP contribution in [0, 0.1) is 0 Å². The van der Waals surface area contributed by atoms with Gasteiger partial charge in [-0.2, -0.15) is 5.10 Å². The summed E-state index contributed by atoms with van der Waals surface area (Å²) in [4.78, 5) is 18.3. The molecule has 1 aromatic carbocycles. The Kier molecular flexibility index (Phi) is 2.56. The zero-order valence-electron chi connectivity index (χ0n) is 10.3. The first kappa shape index (κ1) is 11.5. The van der Waals surface area contributed by atoms with Crippen molar-refractivity contribution in [1.82, 2.24) is 19.7 Å². The minimum atomic E-state index is -0.969. The number of benzene rings is 1. The third-order valence-electron chi connectivity index (χ3n) is 3.01. The van der Waals surface area contributed by atoms with Crippen LogP contribution in [0.4, 0.5) is 0 Å².